The van der Waals surface area contributed by atoms with E-state index < -0.39 is 34.0 Å². The molecular formula is C18H24F3N5O3S. The van der Waals surface area contributed by atoms with E-state index in [9.17, 15) is 21.6 Å². The van der Waals surface area contributed by atoms with Gasteiger partial charge in [-0.05, 0) is 46.6 Å². The van der Waals surface area contributed by atoms with E-state index in [2.05, 4.69) is 15.1 Å². The van der Waals surface area contributed by atoms with Gasteiger partial charge in [0.15, 0.2) is 5.69 Å². The zero-order valence-corrected chi connectivity index (χ0v) is 18.0. The monoisotopic (exact) mass is 447 g/mol. The fourth-order valence-corrected chi connectivity index (χ4v) is 5.45. The molecular weight excluding hydrogens is 423 g/mol. The minimum atomic E-state index is -4.62. The first-order chi connectivity index (χ1) is 13.9. The minimum absolute atomic E-state index is 0.00291. The maximum atomic E-state index is 13.3. The molecule has 0 aromatic carbocycles. The highest BCUT2D eigenvalue weighted by Gasteiger charge is 2.36. The topological polar surface area (TPSA) is 90.2 Å². The Hall–Kier alpha value is -2.21. The lowest BCUT2D eigenvalue weighted by molar-refractivity contribution is -0.141. The predicted molar refractivity (Wildman–Crippen MR) is 102 cm³/mol. The van der Waals surface area contributed by atoms with Crippen LogP contribution in [-0.2, 0) is 16.2 Å². The number of ether oxygens (including phenoxy) is 1. The molecule has 1 atom stereocenters. The Morgan fingerprint density at radius 3 is 2.57 bits per heavy atom. The fourth-order valence-electron chi connectivity index (χ4n) is 3.58. The quantitative estimate of drug-likeness (QED) is 0.700. The first-order valence-corrected chi connectivity index (χ1v) is 11.0. The summed E-state index contributed by atoms with van der Waals surface area (Å²) in [6, 6.07) is 0.333. The Kier molecular flexibility index (Phi) is 6.10. The van der Waals surface area contributed by atoms with Crippen molar-refractivity contribution in [1.82, 2.24) is 24.1 Å². The predicted octanol–water partition coefficient (Wildman–Crippen LogP) is 3.12. The summed E-state index contributed by atoms with van der Waals surface area (Å²) in [6.45, 7) is 7.46. The van der Waals surface area contributed by atoms with Crippen LogP contribution in [0.2, 0.25) is 0 Å². The van der Waals surface area contributed by atoms with Gasteiger partial charge in [-0.2, -0.15) is 27.6 Å². The van der Waals surface area contributed by atoms with Crippen molar-refractivity contribution in [2.24, 2.45) is 0 Å². The van der Waals surface area contributed by atoms with E-state index in [1.807, 2.05) is 13.8 Å². The van der Waals surface area contributed by atoms with Crippen LogP contribution < -0.4 is 4.74 Å². The smallest absolute Gasteiger partial charge is 0.433 e. The molecule has 0 N–H and O–H groups in total. The number of halogens is 3. The van der Waals surface area contributed by atoms with Crippen molar-refractivity contribution in [2.45, 2.75) is 63.8 Å². The highest BCUT2D eigenvalue weighted by Crippen LogP contribution is 2.30. The minimum Gasteiger partial charge on any atom is -0.459 e. The van der Waals surface area contributed by atoms with Crippen LogP contribution in [0.1, 0.15) is 49.8 Å². The Bertz CT molecular complexity index is 1020. The zero-order valence-electron chi connectivity index (χ0n) is 17.1. The van der Waals surface area contributed by atoms with Crippen molar-refractivity contribution in [3.8, 4) is 6.01 Å². The SMILES string of the molecule is Cc1nn(C(C)C)c(C)c1S(=O)(=O)N1CCCC(Oc2nccc(C(F)(F)F)n2)C1. The first-order valence-electron chi connectivity index (χ1n) is 9.54. The van der Waals surface area contributed by atoms with Crippen molar-refractivity contribution in [3.05, 3.63) is 29.3 Å². The van der Waals surface area contributed by atoms with Crippen molar-refractivity contribution >= 4 is 10.0 Å². The van der Waals surface area contributed by atoms with Gasteiger partial charge >= 0.3 is 12.2 Å². The van der Waals surface area contributed by atoms with Crippen LogP contribution in [0.3, 0.4) is 0 Å². The lowest BCUT2D eigenvalue weighted by atomic mass is 10.1. The molecule has 3 rings (SSSR count). The summed E-state index contributed by atoms with van der Waals surface area (Å²) in [5, 5.41) is 4.34. The molecule has 8 nitrogen and oxygen atoms in total. The Morgan fingerprint density at radius 1 is 1.27 bits per heavy atom. The van der Waals surface area contributed by atoms with Gasteiger partial charge in [0.05, 0.1) is 17.9 Å². The summed E-state index contributed by atoms with van der Waals surface area (Å²) < 4.78 is 73.6. The van der Waals surface area contributed by atoms with Gasteiger partial charge in [-0.25, -0.2) is 13.4 Å². The number of hydrogen-bond donors (Lipinski definition) is 0. The maximum absolute atomic E-state index is 13.3. The number of nitrogens with zero attached hydrogens (tertiary/aromatic N) is 5. The summed E-state index contributed by atoms with van der Waals surface area (Å²) in [4.78, 5) is 7.28. The number of hydrogen-bond acceptors (Lipinski definition) is 6. The molecule has 1 saturated heterocycles. The number of piperidine rings is 1. The molecule has 166 valence electrons. The van der Waals surface area contributed by atoms with Crippen molar-refractivity contribution < 1.29 is 26.3 Å². The molecule has 0 spiro atoms. The molecule has 0 radical (unpaired) electrons. The summed E-state index contributed by atoms with van der Waals surface area (Å²) in [7, 11) is -3.84. The molecule has 1 aliphatic heterocycles. The van der Waals surface area contributed by atoms with Crippen LogP contribution in [0.25, 0.3) is 0 Å². The summed E-state index contributed by atoms with van der Waals surface area (Å²) >= 11 is 0. The number of aryl methyl sites for hydroxylation is 1. The number of sulfonamides is 1. The molecule has 1 unspecified atom stereocenters. The molecule has 1 fully saturated rings. The van der Waals surface area contributed by atoms with E-state index in [0.717, 1.165) is 12.3 Å². The van der Waals surface area contributed by atoms with Gasteiger partial charge in [0.2, 0.25) is 10.0 Å². The average Bonchev–Trinajstić information content (AvgIpc) is 2.96. The zero-order chi connectivity index (χ0) is 22.3. The van der Waals surface area contributed by atoms with E-state index in [0.29, 0.717) is 24.2 Å². The summed E-state index contributed by atoms with van der Waals surface area (Å²) in [6.07, 6.45) is -3.32. The van der Waals surface area contributed by atoms with Crippen LogP contribution >= 0.6 is 0 Å². The second-order valence-corrected chi connectivity index (χ2v) is 9.38. The van der Waals surface area contributed by atoms with Crippen molar-refractivity contribution in [1.29, 1.82) is 0 Å². The average molecular weight is 447 g/mol. The first kappa shape index (κ1) is 22.5. The third-order valence-corrected chi connectivity index (χ3v) is 7.00. The van der Waals surface area contributed by atoms with E-state index in [-0.39, 0.29) is 24.0 Å². The molecule has 0 bridgehead atoms. The molecule has 0 aliphatic carbocycles. The Balaban J connectivity index is 1.81. The van der Waals surface area contributed by atoms with E-state index in [1.165, 1.54) is 4.31 Å². The highest BCUT2D eigenvalue weighted by molar-refractivity contribution is 7.89. The van der Waals surface area contributed by atoms with Gasteiger partial charge in [0.1, 0.15) is 11.0 Å². The third-order valence-electron chi connectivity index (χ3n) is 4.88. The second-order valence-electron chi connectivity index (χ2n) is 7.51. The number of aromatic nitrogens is 4. The lowest BCUT2D eigenvalue weighted by Gasteiger charge is -2.31. The van der Waals surface area contributed by atoms with Crippen LogP contribution in [0.15, 0.2) is 17.2 Å². The molecule has 30 heavy (non-hydrogen) atoms. The molecule has 12 heteroatoms. The van der Waals surface area contributed by atoms with Crippen molar-refractivity contribution in [3.63, 3.8) is 0 Å². The summed E-state index contributed by atoms with van der Waals surface area (Å²) in [5.74, 6) is 0. The van der Waals surface area contributed by atoms with Gasteiger partial charge in [-0.1, -0.05) is 0 Å². The molecule has 0 amide bonds. The maximum Gasteiger partial charge on any atom is 0.433 e. The van der Waals surface area contributed by atoms with Crippen LogP contribution in [0.5, 0.6) is 6.01 Å². The Labute approximate surface area is 173 Å². The largest absolute Gasteiger partial charge is 0.459 e. The highest BCUT2D eigenvalue weighted by atomic mass is 32.2. The Morgan fingerprint density at radius 2 is 1.97 bits per heavy atom. The molecule has 1 aliphatic rings. The van der Waals surface area contributed by atoms with Crippen LogP contribution in [0.4, 0.5) is 13.2 Å². The van der Waals surface area contributed by atoms with Gasteiger partial charge in [0, 0.05) is 18.8 Å². The lowest BCUT2D eigenvalue weighted by Crippen LogP contribution is -2.44. The molecule has 3 heterocycles. The van der Waals surface area contributed by atoms with Gasteiger partial charge in [-0.3, -0.25) is 4.68 Å². The van der Waals surface area contributed by atoms with Crippen LogP contribution in [0, 0.1) is 13.8 Å². The fraction of sp³-hybridized carbons (Fsp3) is 0.611. The number of alkyl halides is 3. The van der Waals surface area contributed by atoms with E-state index >= 15 is 0 Å². The standard InChI is InChI=1S/C18H24F3N5O3S/c1-11(2)26-13(4)16(12(3)24-26)30(27,28)25-9-5-6-14(10-25)29-17-22-8-7-15(23-17)18(19,20)21/h7-8,11,14H,5-6,9-10H2,1-4H3. The molecule has 2 aromatic heterocycles. The van der Waals surface area contributed by atoms with Crippen molar-refractivity contribution in [2.75, 3.05) is 13.1 Å². The van der Waals surface area contributed by atoms with Crippen LogP contribution in [-0.4, -0.2) is 51.7 Å². The third kappa shape index (κ3) is 4.43. The van der Waals surface area contributed by atoms with Gasteiger partial charge in [-0.15, -0.1) is 0 Å². The van der Waals surface area contributed by atoms with Gasteiger partial charge in [0.25, 0.3) is 0 Å². The van der Waals surface area contributed by atoms with Gasteiger partial charge < -0.3 is 4.74 Å². The normalized spacial score (nSPS) is 18.7. The number of rotatable bonds is 5. The molecule has 2 aromatic rings. The second kappa shape index (κ2) is 8.14. The summed E-state index contributed by atoms with van der Waals surface area (Å²) in [5.41, 5.74) is -0.155. The van der Waals surface area contributed by atoms with E-state index in [4.69, 9.17) is 4.74 Å². The van der Waals surface area contributed by atoms with E-state index in [1.54, 1.807) is 18.5 Å². The molecule has 0 saturated carbocycles.